The van der Waals surface area contributed by atoms with E-state index in [0.717, 1.165) is 5.56 Å². The van der Waals surface area contributed by atoms with E-state index in [2.05, 4.69) is 5.32 Å². The van der Waals surface area contributed by atoms with Crippen LogP contribution in [0.25, 0.3) is 0 Å². The number of hydrogen-bond acceptors (Lipinski definition) is 5. The molecular weight excluding hydrogens is 237 g/mol. The summed E-state index contributed by atoms with van der Waals surface area (Å²) < 4.78 is 13.5. The Morgan fingerprint density at radius 3 is 2.56 bits per heavy atom. The number of hydrogen-bond donors (Lipinski definition) is 3. The van der Waals surface area contributed by atoms with Crippen molar-refractivity contribution in [3.05, 3.63) is 55.6 Å². The molecule has 94 valence electrons. The maximum atomic E-state index is 13.5. The van der Waals surface area contributed by atoms with Crippen molar-refractivity contribution in [3.8, 4) is 0 Å². The molecule has 6 heteroatoms. The molecule has 2 aromatic rings. The van der Waals surface area contributed by atoms with E-state index in [9.17, 15) is 14.0 Å². The molecular formula is C12H12FN3O2. The van der Waals surface area contributed by atoms with Gasteiger partial charge >= 0.3 is 0 Å². The summed E-state index contributed by atoms with van der Waals surface area (Å²) in [6.45, 7) is 0.379. The molecule has 0 unspecified atom stereocenters. The number of benzene rings is 1. The SMILES string of the molecule is NCc1ccc(F)c(CNc2c(N)c(=O)c2=O)c1. The average Bonchev–Trinajstić information content (AvgIpc) is 2.40. The first-order valence-electron chi connectivity index (χ1n) is 5.34. The molecule has 2 rings (SSSR count). The maximum absolute atomic E-state index is 13.5. The standard InChI is InChI=1S/C12H12FN3O2/c13-8-2-1-6(4-14)3-7(8)5-16-10-9(15)11(17)12(10)18/h1-3,16H,4-5,14-15H2. The fourth-order valence-electron chi connectivity index (χ4n) is 1.66. The molecule has 0 spiro atoms. The van der Waals surface area contributed by atoms with E-state index >= 15 is 0 Å². The quantitative estimate of drug-likeness (QED) is 0.666. The number of nitrogens with two attached hydrogens (primary N) is 2. The second kappa shape index (κ2) is 4.58. The van der Waals surface area contributed by atoms with Crippen LogP contribution in [-0.4, -0.2) is 0 Å². The summed E-state index contributed by atoms with van der Waals surface area (Å²) in [5, 5.41) is 2.66. The van der Waals surface area contributed by atoms with Crippen molar-refractivity contribution in [3.63, 3.8) is 0 Å². The Balaban J connectivity index is 2.16. The largest absolute Gasteiger partial charge is 0.394 e. The van der Waals surface area contributed by atoms with Crippen LogP contribution in [0, 0.1) is 5.82 Å². The second-order valence-corrected chi connectivity index (χ2v) is 3.93. The number of nitrogen functional groups attached to an aromatic ring is 1. The van der Waals surface area contributed by atoms with Gasteiger partial charge < -0.3 is 16.8 Å². The summed E-state index contributed by atoms with van der Waals surface area (Å²) in [5.41, 5.74) is 10.5. The number of rotatable bonds is 4. The molecule has 0 aliphatic carbocycles. The molecule has 0 saturated heterocycles. The fourth-order valence-corrected chi connectivity index (χ4v) is 1.66. The molecule has 0 radical (unpaired) electrons. The monoisotopic (exact) mass is 249 g/mol. The lowest BCUT2D eigenvalue weighted by Gasteiger charge is -2.11. The summed E-state index contributed by atoms with van der Waals surface area (Å²) >= 11 is 0. The van der Waals surface area contributed by atoms with E-state index in [1.807, 2.05) is 0 Å². The Bertz CT molecular complexity index is 660. The fraction of sp³-hybridized carbons (Fsp3) is 0.167. The zero-order chi connectivity index (χ0) is 13.3. The van der Waals surface area contributed by atoms with Crippen LogP contribution in [0.4, 0.5) is 15.8 Å². The van der Waals surface area contributed by atoms with Crippen LogP contribution in [0.5, 0.6) is 0 Å². The van der Waals surface area contributed by atoms with Crippen molar-refractivity contribution in [2.75, 3.05) is 11.1 Å². The van der Waals surface area contributed by atoms with Crippen LogP contribution < -0.4 is 27.6 Å². The van der Waals surface area contributed by atoms with Gasteiger partial charge in [-0.25, -0.2) is 4.39 Å². The molecule has 0 fully saturated rings. The third kappa shape index (κ3) is 1.98. The van der Waals surface area contributed by atoms with E-state index in [1.165, 1.54) is 6.07 Å². The highest BCUT2D eigenvalue weighted by atomic mass is 19.1. The van der Waals surface area contributed by atoms with Gasteiger partial charge in [-0.3, -0.25) is 9.59 Å². The van der Waals surface area contributed by atoms with Gasteiger partial charge in [0.1, 0.15) is 17.2 Å². The summed E-state index contributed by atoms with van der Waals surface area (Å²) in [6.07, 6.45) is 0. The van der Waals surface area contributed by atoms with Crippen molar-refractivity contribution in [1.82, 2.24) is 0 Å². The Labute approximate surface area is 102 Å². The van der Waals surface area contributed by atoms with E-state index in [-0.39, 0.29) is 17.9 Å². The zero-order valence-corrected chi connectivity index (χ0v) is 9.50. The summed E-state index contributed by atoms with van der Waals surface area (Å²) in [6, 6.07) is 4.50. The predicted molar refractivity (Wildman–Crippen MR) is 67.4 cm³/mol. The van der Waals surface area contributed by atoms with Crippen LogP contribution in [-0.2, 0) is 13.1 Å². The molecule has 0 atom stereocenters. The molecule has 0 heterocycles. The van der Waals surface area contributed by atoms with Gasteiger partial charge in [0.25, 0.3) is 10.9 Å². The third-order valence-electron chi connectivity index (χ3n) is 2.75. The highest BCUT2D eigenvalue weighted by Gasteiger charge is 2.17. The molecule has 2 aromatic carbocycles. The van der Waals surface area contributed by atoms with Crippen LogP contribution in [0.1, 0.15) is 11.1 Å². The van der Waals surface area contributed by atoms with Crippen molar-refractivity contribution in [2.24, 2.45) is 5.73 Å². The molecule has 5 nitrogen and oxygen atoms in total. The van der Waals surface area contributed by atoms with E-state index in [0.29, 0.717) is 12.1 Å². The minimum atomic E-state index is -0.700. The molecule has 0 aliphatic heterocycles. The van der Waals surface area contributed by atoms with Crippen molar-refractivity contribution >= 4 is 11.4 Å². The average molecular weight is 249 g/mol. The van der Waals surface area contributed by atoms with Crippen molar-refractivity contribution < 1.29 is 4.39 Å². The van der Waals surface area contributed by atoms with Gasteiger partial charge in [0.15, 0.2) is 0 Å². The maximum Gasteiger partial charge on any atom is 0.253 e. The first-order valence-corrected chi connectivity index (χ1v) is 5.34. The van der Waals surface area contributed by atoms with Gasteiger partial charge in [-0.05, 0) is 17.7 Å². The zero-order valence-electron chi connectivity index (χ0n) is 9.50. The smallest absolute Gasteiger partial charge is 0.253 e. The Kier molecular flexibility index (Phi) is 3.12. The van der Waals surface area contributed by atoms with Gasteiger partial charge in [0, 0.05) is 18.7 Å². The lowest BCUT2D eigenvalue weighted by atomic mass is 10.1. The molecule has 0 bridgehead atoms. The lowest BCUT2D eigenvalue weighted by Crippen LogP contribution is -2.37. The van der Waals surface area contributed by atoms with Crippen molar-refractivity contribution in [1.29, 1.82) is 0 Å². The van der Waals surface area contributed by atoms with Gasteiger partial charge in [0.2, 0.25) is 0 Å². The summed E-state index contributed by atoms with van der Waals surface area (Å²) in [4.78, 5) is 22.0. The van der Waals surface area contributed by atoms with Gasteiger partial charge in [-0.2, -0.15) is 0 Å². The van der Waals surface area contributed by atoms with E-state index in [1.54, 1.807) is 12.1 Å². The third-order valence-corrected chi connectivity index (χ3v) is 2.75. The molecule has 0 amide bonds. The second-order valence-electron chi connectivity index (χ2n) is 3.93. The first kappa shape index (κ1) is 12.3. The van der Waals surface area contributed by atoms with E-state index < -0.39 is 16.7 Å². The Morgan fingerprint density at radius 2 is 1.94 bits per heavy atom. The molecule has 18 heavy (non-hydrogen) atoms. The molecule has 0 aliphatic rings. The minimum absolute atomic E-state index is 0.0533. The molecule has 0 aromatic heterocycles. The number of anilines is 2. The minimum Gasteiger partial charge on any atom is -0.394 e. The normalized spacial score (nSPS) is 10.8. The van der Waals surface area contributed by atoms with Crippen LogP contribution in [0.2, 0.25) is 0 Å². The Morgan fingerprint density at radius 1 is 1.22 bits per heavy atom. The van der Waals surface area contributed by atoms with Crippen LogP contribution >= 0.6 is 0 Å². The molecule has 5 N–H and O–H groups in total. The van der Waals surface area contributed by atoms with Gasteiger partial charge in [-0.1, -0.05) is 6.07 Å². The van der Waals surface area contributed by atoms with E-state index in [4.69, 9.17) is 11.5 Å². The highest BCUT2D eigenvalue weighted by molar-refractivity contribution is 5.71. The van der Waals surface area contributed by atoms with Crippen molar-refractivity contribution in [2.45, 2.75) is 13.1 Å². The lowest BCUT2D eigenvalue weighted by molar-refractivity contribution is 0.612. The van der Waals surface area contributed by atoms with Crippen LogP contribution in [0.15, 0.2) is 27.8 Å². The first-order chi connectivity index (χ1) is 8.54. The topological polar surface area (TPSA) is 98.2 Å². The van der Waals surface area contributed by atoms with Gasteiger partial charge in [0.05, 0.1) is 0 Å². The summed E-state index contributed by atoms with van der Waals surface area (Å²) in [7, 11) is 0. The predicted octanol–water partition coefficient (Wildman–Crippen LogP) is 0.0747. The summed E-state index contributed by atoms with van der Waals surface area (Å²) in [5.74, 6) is -0.406. The number of halogens is 1. The molecule has 0 saturated carbocycles. The highest BCUT2D eigenvalue weighted by Crippen LogP contribution is 2.14. The Hall–Kier alpha value is -2.21. The van der Waals surface area contributed by atoms with Gasteiger partial charge in [-0.15, -0.1) is 0 Å². The number of nitrogens with one attached hydrogen (secondary N) is 1. The van der Waals surface area contributed by atoms with Crippen LogP contribution in [0.3, 0.4) is 0 Å².